The quantitative estimate of drug-likeness (QED) is 0.762. The van der Waals surface area contributed by atoms with E-state index >= 15 is 0 Å². The predicted octanol–water partition coefficient (Wildman–Crippen LogP) is 3.24. The Morgan fingerprint density at radius 2 is 1.88 bits per heavy atom. The van der Waals surface area contributed by atoms with Crippen LogP contribution in [-0.2, 0) is 16.0 Å². The molecular formula is C17H16F3NO4. The van der Waals surface area contributed by atoms with Crippen LogP contribution in [0.15, 0.2) is 40.8 Å². The van der Waals surface area contributed by atoms with E-state index < -0.39 is 36.6 Å². The number of carboxylic acid groups (broad SMARTS) is 1. The minimum Gasteiger partial charge on any atom is -0.480 e. The molecule has 5 nitrogen and oxygen atoms in total. The fraction of sp³-hybridized carbons (Fsp3) is 0.294. The fourth-order valence-corrected chi connectivity index (χ4v) is 2.22. The lowest BCUT2D eigenvalue weighted by Gasteiger charge is -2.13. The number of carbonyl (C=O) groups excluding carboxylic acids is 1. The molecule has 0 bridgehead atoms. The maximum Gasteiger partial charge on any atom is 0.326 e. The molecule has 2 aromatic rings. The number of alkyl halides is 2. The van der Waals surface area contributed by atoms with Crippen molar-refractivity contribution in [2.45, 2.75) is 31.7 Å². The molecule has 1 amide bonds. The Hall–Kier alpha value is -2.77. The molecule has 1 atom stereocenters. The molecule has 8 heteroatoms. The second-order valence-corrected chi connectivity index (χ2v) is 5.33. The van der Waals surface area contributed by atoms with Crippen LogP contribution in [0.5, 0.6) is 0 Å². The van der Waals surface area contributed by atoms with Crippen LogP contribution >= 0.6 is 0 Å². The lowest BCUT2D eigenvalue weighted by molar-refractivity contribution is -0.143. The molecule has 0 aliphatic rings. The Kier molecular flexibility index (Phi) is 6.21. The first-order chi connectivity index (χ1) is 11.9. The second-order valence-electron chi connectivity index (χ2n) is 5.33. The van der Waals surface area contributed by atoms with Gasteiger partial charge in [0, 0.05) is 19.3 Å². The summed E-state index contributed by atoms with van der Waals surface area (Å²) in [7, 11) is 0. The van der Waals surface area contributed by atoms with E-state index in [-0.39, 0.29) is 18.4 Å². The highest BCUT2D eigenvalue weighted by Crippen LogP contribution is 2.25. The first-order valence-electron chi connectivity index (χ1n) is 7.50. The molecule has 0 saturated carbocycles. The molecule has 0 radical (unpaired) electrons. The van der Waals surface area contributed by atoms with Crippen molar-refractivity contribution in [1.29, 1.82) is 0 Å². The van der Waals surface area contributed by atoms with E-state index in [0.717, 1.165) is 0 Å². The lowest BCUT2D eigenvalue weighted by Crippen LogP contribution is -2.42. The van der Waals surface area contributed by atoms with Crippen molar-refractivity contribution in [1.82, 2.24) is 5.32 Å². The van der Waals surface area contributed by atoms with E-state index in [0.29, 0.717) is 11.5 Å². The molecule has 1 unspecified atom stereocenters. The van der Waals surface area contributed by atoms with Crippen LogP contribution in [0, 0.1) is 5.82 Å². The minimum absolute atomic E-state index is 0.126. The first kappa shape index (κ1) is 18.6. The van der Waals surface area contributed by atoms with Crippen LogP contribution in [-0.4, -0.2) is 29.5 Å². The molecule has 2 rings (SSSR count). The monoisotopic (exact) mass is 355 g/mol. The molecular weight excluding hydrogens is 339 g/mol. The predicted molar refractivity (Wildman–Crippen MR) is 82.6 cm³/mol. The van der Waals surface area contributed by atoms with Gasteiger partial charge in [0.1, 0.15) is 23.4 Å². The molecule has 1 aromatic carbocycles. The third-order valence-corrected chi connectivity index (χ3v) is 3.45. The highest BCUT2D eigenvalue weighted by atomic mass is 19.3. The number of carbonyl (C=O) groups is 2. The van der Waals surface area contributed by atoms with Crippen molar-refractivity contribution in [3.8, 4) is 11.3 Å². The van der Waals surface area contributed by atoms with Gasteiger partial charge in [-0.1, -0.05) is 12.1 Å². The van der Waals surface area contributed by atoms with Gasteiger partial charge in [0.05, 0.1) is 5.56 Å². The van der Waals surface area contributed by atoms with Gasteiger partial charge >= 0.3 is 5.97 Å². The highest BCUT2D eigenvalue weighted by Gasteiger charge is 2.24. The number of aryl methyl sites for hydroxylation is 1. The van der Waals surface area contributed by atoms with Gasteiger partial charge < -0.3 is 14.8 Å². The summed E-state index contributed by atoms with van der Waals surface area (Å²) in [6.07, 6.45) is -3.81. The average Bonchev–Trinajstić information content (AvgIpc) is 3.01. The summed E-state index contributed by atoms with van der Waals surface area (Å²) >= 11 is 0. The van der Waals surface area contributed by atoms with Crippen LogP contribution in [0.4, 0.5) is 13.2 Å². The largest absolute Gasteiger partial charge is 0.480 e. The minimum atomic E-state index is -2.84. The Morgan fingerprint density at radius 3 is 2.52 bits per heavy atom. The van der Waals surface area contributed by atoms with Gasteiger partial charge in [-0.3, -0.25) is 4.79 Å². The van der Waals surface area contributed by atoms with Crippen molar-refractivity contribution in [3.05, 3.63) is 48.0 Å². The molecule has 134 valence electrons. The molecule has 0 fully saturated rings. The van der Waals surface area contributed by atoms with Crippen LogP contribution in [0.25, 0.3) is 11.3 Å². The van der Waals surface area contributed by atoms with Crippen LogP contribution in [0.3, 0.4) is 0 Å². The van der Waals surface area contributed by atoms with E-state index in [1.54, 1.807) is 30.3 Å². The molecule has 0 aliphatic carbocycles. The lowest BCUT2D eigenvalue weighted by atomic mass is 10.1. The molecule has 1 aromatic heterocycles. The number of amides is 1. The van der Waals surface area contributed by atoms with E-state index in [2.05, 4.69) is 0 Å². The van der Waals surface area contributed by atoms with Gasteiger partial charge in [0.25, 0.3) is 0 Å². The van der Waals surface area contributed by atoms with Gasteiger partial charge in [-0.25, -0.2) is 18.0 Å². The number of carboxylic acids is 1. The van der Waals surface area contributed by atoms with Crippen LogP contribution < -0.4 is 5.32 Å². The Morgan fingerprint density at radius 1 is 1.16 bits per heavy atom. The summed E-state index contributed by atoms with van der Waals surface area (Å²) in [5, 5.41) is 10.9. The maximum absolute atomic E-state index is 13.7. The number of benzene rings is 1. The van der Waals surface area contributed by atoms with Crippen molar-refractivity contribution in [3.63, 3.8) is 0 Å². The summed E-state index contributed by atoms with van der Waals surface area (Å²) in [6.45, 7) is 0. The Bertz CT molecular complexity index is 745. The average molecular weight is 355 g/mol. The number of aliphatic carboxylic acids is 1. The standard InChI is InChI=1S/C17H16F3NO4/c18-12-4-2-1-3-11(12)14-7-5-10(25-14)6-8-16(22)21-13(17(23)24)9-15(19)20/h1-5,7,13,15H,6,8-9H2,(H,21,22)(H,23,24). The maximum atomic E-state index is 13.7. The van der Waals surface area contributed by atoms with E-state index in [9.17, 15) is 22.8 Å². The zero-order chi connectivity index (χ0) is 18.4. The Balaban J connectivity index is 1.92. The normalized spacial score (nSPS) is 12.2. The van der Waals surface area contributed by atoms with E-state index in [1.807, 2.05) is 5.32 Å². The van der Waals surface area contributed by atoms with Crippen LogP contribution in [0.2, 0.25) is 0 Å². The summed E-state index contributed by atoms with van der Waals surface area (Å²) in [5.41, 5.74) is 0.279. The molecule has 2 N–H and O–H groups in total. The van der Waals surface area contributed by atoms with Gasteiger partial charge in [-0.15, -0.1) is 0 Å². The first-order valence-corrected chi connectivity index (χ1v) is 7.50. The SMILES string of the molecule is O=C(CCc1ccc(-c2ccccc2F)o1)NC(CC(F)F)C(=O)O. The van der Waals surface area contributed by atoms with Gasteiger partial charge in [0.15, 0.2) is 0 Å². The summed E-state index contributed by atoms with van der Waals surface area (Å²) in [6, 6.07) is 7.53. The zero-order valence-corrected chi connectivity index (χ0v) is 13.0. The van der Waals surface area contributed by atoms with E-state index in [1.165, 1.54) is 6.07 Å². The number of halogens is 3. The zero-order valence-electron chi connectivity index (χ0n) is 13.0. The van der Waals surface area contributed by atoms with Gasteiger partial charge in [-0.05, 0) is 24.3 Å². The van der Waals surface area contributed by atoms with Gasteiger partial charge in [-0.2, -0.15) is 0 Å². The highest BCUT2D eigenvalue weighted by molar-refractivity contribution is 5.83. The number of hydrogen-bond acceptors (Lipinski definition) is 3. The topological polar surface area (TPSA) is 79.5 Å². The molecule has 1 heterocycles. The number of rotatable bonds is 8. The fourth-order valence-electron chi connectivity index (χ4n) is 2.22. The molecule has 0 aliphatic heterocycles. The van der Waals surface area contributed by atoms with Crippen molar-refractivity contribution < 1.29 is 32.3 Å². The molecule has 0 spiro atoms. The van der Waals surface area contributed by atoms with Gasteiger partial charge in [0.2, 0.25) is 12.3 Å². The van der Waals surface area contributed by atoms with Crippen LogP contribution in [0.1, 0.15) is 18.6 Å². The Labute approximate surface area is 141 Å². The summed E-state index contributed by atoms with van der Waals surface area (Å²) in [4.78, 5) is 22.6. The molecule has 25 heavy (non-hydrogen) atoms. The third-order valence-electron chi connectivity index (χ3n) is 3.45. The van der Waals surface area contributed by atoms with Crippen molar-refractivity contribution in [2.75, 3.05) is 0 Å². The third kappa shape index (κ3) is 5.37. The number of hydrogen-bond donors (Lipinski definition) is 2. The van der Waals surface area contributed by atoms with Crippen molar-refractivity contribution >= 4 is 11.9 Å². The summed E-state index contributed by atoms with van der Waals surface area (Å²) in [5.74, 6) is -1.95. The second kappa shape index (κ2) is 8.36. The number of nitrogens with one attached hydrogen (secondary N) is 1. The van der Waals surface area contributed by atoms with Crippen molar-refractivity contribution in [2.24, 2.45) is 0 Å². The smallest absolute Gasteiger partial charge is 0.326 e. The molecule has 0 saturated heterocycles. The number of furan rings is 1. The van der Waals surface area contributed by atoms with E-state index in [4.69, 9.17) is 9.52 Å². The summed E-state index contributed by atoms with van der Waals surface area (Å²) < 4.78 is 43.7.